The van der Waals surface area contributed by atoms with Gasteiger partial charge in [-0.05, 0) is 48.0 Å². The first kappa shape index (κ1) is 19.2. The van der Waals surface area contributed by atoms with Crippen molar-refractivity contribution in [2.24, 2.45) is 12.8 Å². The average Bonchev–Trinajstić information content (AvgIpc) is 3.07. The molecule has 1 amide bonds. The predicted octanol–water partition coefficient (Wildman–Crippen LogP) is 4.35. The van der Waals surface area contributed by atoms with Crippen molar-refractivity contribution in [2.45, 2.75) is 6.18 Å². The zero-order valence-electron chi connectivity index (χ0n) is 14.9. The number of hydrogen-bond donors (Lipinski definition) is 2. The van der Waals surface area contributed by atoms with Gasteiger partial charge in [0.1, 0.15) is 0 Å². The smallest absolute Gasteiger partial charge is 0.366 e. The van der Waals surface area contributed by atoms with Crippen molar-refractivity contribution >= 4 is 22.9 Å². The van der Waals surface area contributed by atoms with E-state index in [9.17, 15) is 18.0 Å². The summed E-state index contributed by atoms with van der Waals surface area (Å²) < 4.78 is 39.8. The maximum atomic E-state index is 12.7. The van der Waals surface area contributed by atoms with E-state index in [0.717, 1.165) is 12.1 Å². The lowest BCUT2D eigenvalue weighted by Gasteiger charge is -2.14. The van der Waals surface area contributed by atoms with Crippen LogP contribution in [0.2, 0.25) is 0 Å². The van der Waals surface area contributed by atoms with E-state index in [1.807, 2.05) is 0 Å². The van der Waals surface area contributed by atoms with Gasteiger partial charge in [-0.2, -0.15) is 18.3 Å². The number of aryl methyl sites for hydroxylation is 1. The number of aromatic nitrogens is 2. The van der Waals surface area contributed by atoms with E-state index >= 15 is 0 Å². The van der Waals surface area contributed by atoms with Crippen LogP contribution in [0.3, 0.4) is 0 Å². The second-order valence-corrected chi connectivity index (χ2v) is 6.18. The number of alkyl halides is 3. The molecule has 1 heterocycles. The van der Waals surface area contributed by atoms with Crippen LogP contribution in [-0.2, 0) is 18.0 Å². The van der Waals surface area contributed by atoms with Crippen molar-refractivity contribution in [3.63, 3.8) is 0 Å². The molecular weight excluding hydrogens is 369 g/mol. The summed E-state index contributed by atoms with van der Waals surface area (Å²) in [7, 11) is 1.76. The summed E-state index contributed by atoms with van der Waals surface area (Å²) in [5.74, 6) is -0.643. The Kier molecular flexibility index (Phi) is 4.96. The quantitative estimate of drug-likeness (QED) is 0.641. The number of halogens is 3. The molecule has 0 aliphatic heterocycles. The number of nitrogens with two attached hydrogens (primary N) is 1. The fraction of sp³-hybridized carbons (Fsp3) is 0.100. The third-order valence-electron chi connectivity index (χ3n) is 4.15. The minimum atomic E-state index is -4.39. The number of primary amides is 1. The molecule has 0 radical (unpaired) electrons. The van der Waals surface area contributed by atoms with Crippen LogP contribution in [0.15, 0.2) is 61.3 Å². The average molecular weight is 386 g/mol. The minimum absolute atomic E-state index is 0.151. The van der Waals surface area contributed by atoms with E-state index in [-0.39, 0.29) is 5.57 Å². The number of nitrogens with zero attached hydrogens (tertiary/aromatic N) is 2. The van der Waals surface area contributed by atoms with Gasteiger partial charge in [0.15, 0.2) is 0 Å². The number of carbonyl (C=O) groups excluding carboxylic acids is 1. The fourth-order valence-corrected chi connectivity index (χ4v) is 2.65. The number of amides is 1. The predicted molar refractivity (Wildman–Crippen MR) is 102 cm³/mol. The van der Waals surface area contributed by atoms with Gasteiger partial charge < -0.3 is 11.1 Å². The third-order valence-corrected chi connectivity index (χ3v) is 4.15. The second-order valence-electron chi connectivity index (χ2n) is 6.18. The van der Waals surface area contributed by atoms with E-state index < -0.39 is 17.6 Å². The molecule has 0 spiro atoms. The molecule has 0 bridgehead atoms. The molecule has 0 aliphatic rings. The Hall–Kier alpha value is -3.55. The van der Waals surface area contributed by atoms with Crippen molar-refractivity contribution in [3.05, 3.63) is 72.4 Å². The van der Waals surface area contributed by atoms with Gasteiger partial charge in [0, 0.05) is 35.8 Å². The highest BCUT2D eigenvalue weighted by molar-refractivity contribution is 6.18. The van der Waals surface area contributed by atoms with Gasteiger partial charge in [-0.3, -0.25) is 9.48 Å². The number of benzene rings is 2. The maximum Gasteiger partial charge on any atom is 0.416 e. The zero-order chi connectivity index (χ0) is 20.5. The van der Waals surface area contributed by atoms with Crippen molar-refractivity contribution in [2.75, 3.05) is 5.32 Å². The SMILES string of the molecule is C=C(C(N)=O)c1ccc(Nc2ccc(C(F)(F)F)cc2)c(-c2ccn(C)n2)c1. The van der Waals surface area contributed by atoms with Crippen molar-refractivity contribution < 1.29 is 18.0 Å². The Morgan fingerprint density at radius 3 is 2.36 bits per heavy atom. The summed E-state index contributed by atoms with van der Waals surface area (Å²) in [4.78, 5) is 11.4. The van der Waals surface area contributed by atoms with Gasteiger partial charge in [0.25, 0.3) is 0 Å². The summed E-state index contributed by atoms with van der Waals surface area (Å²) in [6.45, 7) is 3.68. The summed E-state index contributed by atoms with van der Waals surface area (Å²) in [6, 6.07) is 11.6. The molecule has 0 unspecified atom stereocenters. The highest BCUT2D eigenvalue weighted by Gasteiger charge is 2.30. The normalized spacial score (nSPS) is 11.3. The molecule has 0 atom stereocenters. The van der Waals surface area contributed by atoms with Crippen LogP contribution in [0.5, 0.6) is 0 Å². The van der Waals surface area contributed by atoms with Crippen molar-refractivity contribution in [3.8, 4) is 11.3 Å². The zero-order valence-corrected chi connectivity index (χ0v) is 14.9. The molecule has 0 saturated carbocycles. The monoisotopic (exact) mass is 386 g/mol. The lowest BCUT2D eigenvalue weighted by molar-refractivity contribution is -0.137. The first-order valence-corrected chi connectivity index (χ1v) is 8.22. The number of carbonyl (C=O) groups is 1. The second kappa shape index (κ2) is 7.22. The molecule has 28 heavy (non-hydrogen) atoms. The van der Waals surface area contributed by atoms with Crippen LogP contribution < -0.4 is 11.1 Å². The van der Waals surface area contributed by atoms with Crippen LogP contribution in [-0.4, -0.2) is 15.7 Å². The summed E-state index contributed by atoms with van der Waals surface area (Å²) in [5, 5.41) is 7.45. The van der Waals surface area contributed by atoms with Gasteiger partial charge in [0.2, 0.25) is 5.91 Å². The third kappa shape index (κ3) is 4.06. The van der Waals surface area contributed by atoms with Gasteiger partial charge in [-0.1, -0.05) is 12.6 Å². The Bertz CT molecular complexity index is 1040. The maximum absolute atomic E-state index is 12.7. The van der Waals surface area contributed by atoms with Crippen LogP contribution in [0, 0.1) is 0 Å². The molecule has 0 aliphatic carbocycles. The largest absolute Gasteiger partial charge is 0.416 e. The molecule has 1 aromatic heterocycles. The molecule has 0 saturated heterocycles. The molecule has 3 aromatic rings. The van der Waals surface area contributed by atoms with E-state index in [1.165, 1.54) is 12.1 Å². The van der Waals surface area contributed by atoms with E-state index in [1.54, 1.807) is 42.2 Å². The van der Waals surface area contributed by atoms with Gasteiger partial charge >= 0.3 is 6.18 Å². The Balaban J connectivity index is 2.00. The highest BCUT2D eigenvalue weighted by atomic mass is 19.4. The van der Waals surface area contributed by atoms with Crippen molar-refractivity contribution in [1.82, 2.24) is 9.78 Å². The summed E-state index contributed by atoms with van der Waals surface area (Å²) >= 11 is 0. The molecule has 2 aromatic carbocycles. The lowest BCUT2D eigenvalue weighted by atomic mass is 10.0. The van der Waals surface area contributed by atoms with Gasteiger partial charge in [0.05, 0.1) is 11.3 Å². The number of nitrogens with one attached hydrogen (secondary N) is 1. The standard InChI is InChI=1S/C20H17F3N4O/c1-12(19(24)28)13-3-8-17(16(11-13)18-9-10-27(2)26-18)25-15-6-4-14(5-7-15)20(21,22)23/h3-11,25H,1H2,2H3,(H2,24,28). The number of hydrogen-bond acceptors (Lipinski definition) is 3. The molecule has 144 valence electrons. The van der Waals surface area contributed by atoms with E-state index in [4.69, 9.17) is 5.73 Å². The molecule has 0 fully saturated rings. The lowest BCUT2D eigenvalue weighted by Crippen LogP contribution is -2.12. The fourth-order valence-electron chi connectivity index (χ4n) is 2.65. The first-order valence-electron chi connectivity index (χ1n) is 8.22. The molecule has 5 nitrogen and oxygen atoms in total. The minimum Gasteiger partial charge on any atom is -0.366 e. The number of rotatable bonds is 5. The topological polar surface area (TPSA) is 72.9 Å². The highest BCUT2D eigenvalue weighted by Crippen LogP contribution is 2.34. The van der Waals surface area contributed by atoms with Gasteiger partial charge in [-0.25, -0.2) is 0 Å². The van der Waals surface area contributed by atoms with E-state index in [2.05, 4.69) is 17.0 Å². The first-order chi connectivity index (χ1) is 13.1. The Morgan fingerprint density at radius 1 is 1.14 bits per heavy atom. The summed E-state index contributed by atoms with van der Waals surface area (Å²) in [5.41, 5.74) is 7.63. The van der Waals surface area contributed by atoms with E-state index in [0.29, 0.717) is 28.2 Å². The Labute approximate surface area is 159 Å². The van der Waals surface area contributed by atoms with Crippen LogP contribution in [0.4, 0.5) is 24.5 Å². The van der Waals surface area contributed by atoms with Crippen molar-refractivity contribution in [1.29, 1.82) is 0 Å². The summed E-state index contributed by atoms with van der Waals surface area (Å²) in [6.07, 6.45) is -2.64. The molecular formula is C20H17F3N4O. The Morgan fingerprint density at radius 2 is 1.82 bits per heavy atom. The van der Waals surface area contributed by atoms with Crippen LogP contribution >= 0.6 is 0 Å². The molecule has 3 N–H and O–H groups in total. The van der Waals surface area contributed by atoms with Crippen LogP contribution in [0.25, 0.3) is 16.8 Å². The van der Waals surface area contributed by atoms with Crippen LogP contribution in [0.1, 0.15) is 11.1 Å². The molecule has 8 heteroatoms. The molecule has 3 rings (SSSR count). The number of anilines is 2. The van der Waals surface area contributed by atoms with Gasteiger partial charge in [-0.15, -0.1) is 0 Å².